The molecule has 5 heteroatoms. The van der Waals surface area contributed by atoms with Crippen molar-refractivity contribution >= 4 is 12.4 Å². The Morgan fingerprint density at radius 3 is 2.48 bits per heavy atom. The quantitative estimate of drug-likeness (QED) is 0.362. The molecule has 23 heavy (non-hydrogen) atoms. The molecule has 0 aliphatic rings. The van der Waals surface area contributed by atoms with Crippen LogP contribution in [0.3, 0.4) is 0 Å². The fourth-order valence-corrected chi connectivity index (χ4v) is 2.66. The Morgan fingerprint density at radius 1 is 1.26 bits per heavy atom. The molecular formula is C18H27NO4. The van der Waals surface area contributed by atoms with Crippen molar-refractivity contribution in [2.75, 3.05) is 0 Å². The summed E-state index contributed by atoms with van der Waals surface area (Å²) in [6, 6.07) is 9.05. The lowest BCUT2D eigenvalue weighted by Gasteiger charge is -2.31. The van der Waals surface area contributed by atoms with Crippen LogP contribution in [0.4, 0.5) is 0 Å². The zero-order valence-corrected chi connectivity index (χ0v) is 14.0. The number of hydrogen-bond acceptors (Lipinski definition) is 3. The van der Waals surface area contributed by atoms with Gasteiger partial charge in [0.1, 0.15) is 6.61 Å². The lowest BCUT2D eigenvalue weighted by molar-refractivity contribution is -0.202. The molecule has 0 aromatic heterocycles. The number of carbonyl (C=O) groups excluding carboxylic acids is 1. The normalized spacial score (nSPS) is 13.3. The highest BCUT2D eigenvalue weighted by Crippen LogP contribution is 2.22. The van der Waals surface area contributed by atoms with Crippen LogP contribution < -0.4 is 0 Å². The Balaban J connectivity index is 2.71. The number of hydrogen-bond donors (Lipinski definition) is 1. The van der Waals surface area contributed by atoms with Crippen LogP contribution in [0.1, 0.15) is 51.5 Å². The van der Waals surface area contributed by atoms with Crippen LogP contribution in [0.15, 0.2) is 30.3 Å². The third-order valence-corrected chi connectivity index (χ3v) is 3.97. The molecule has 0 radical (unpaired) electrons. The smallest absolute Gasteiger partial charge is 0.308 e. The van der Waals surface area contributed by atoms with Gasteiger partial charge in [-0.25, -0.2) is 5.06 Å². The summed E-state index contributed by atoms with van der Waals surface area (Å²) in [5, 5.41) is 10.7. The molecule has 1 aromatic carbocycles. The van der Waals surface area contributed by atoms with Crippen LogP contribution >= 0.6 is 0 Å². The average Bonchev–Trinajstić information content (AvgIpc) is 2.57. The van der Waals surface area contributed by atoms with Gasteiger partial charge in [0.15, 0.2) is 0 Å². The Bertz CT molecular complexity index is 463. The molecule has 1 N–H and O–H groups in total. The van der Waals surface area contributed by atoms with Gasteiger partial charge in [0.25, 0.3) is 0 Å². The number of unbranched alkanes of at least 4 members (excludes halogenated alkanes) is 2. The van der Waals surface area contributed by atoms with Gasteiger partial charge < -0.3 is 5.11 Å². The first-order valence-corrected chi connectivity index (χ1v) is 8.27. The Labute approximate surface area is 138 Å². The Hall–Kier alpha value is -1.88. The first-order valence-electron chi connectivity index (χ1n) is 8.27. The van der Waals surface area contributed by atoms with E-state index in [1.807, 2.05) is 37.3 Å². The van der Waals surface area contributed by atoms with E-state index in [9.17, 15) is 14.7 Å². The Morgan fingerprint density at radius 2 is 1.96 bits per heavy atom. The van der Waals surface area contributed by atoms with Crippen molar-refractivity contribution in [2.24, 2.45) is 5.92 Å². The number of rotatable bonds is 12. The van der Waals surface area contributed by atoms with E-state index < -0.39 is 17.9 Å². The van der Waals surface area contributed by atoms with Gasteiger partial charge in [-0.2, -0.15) is 0 Å². The summed E-state index contributed by atoms with van der Waals surface area (Å²) in [4.78, 5) is 28.6. The van der Waals surface area contributed by atoms with Gasteiger partial charge >= 0.3 is 5.97 Å². The topological polar surface area (TPSA) is 66.8 Å². The van der Waals surface area contributed by atoms with E-state index in [2.05, 4.69) is 6.92 Å². The highest BCUT2D eigenvalue weighted by molar-refractivity contribution is 5.71. The van der Waals surface area contributed by atoms with Gasteiger partial charge in [-0.15, -0.1) is 0 Å². The summed E-state index contributed by atoms with van der Waals surface area (Å²) >= 11 is 0. The predicted molar refractivity (Wildman–Crippen MR) is 88.5 cm³/mol. The minimum absolute atomic E-state index is 0.247. The second-order valence-electron chi connectivity index (χ2n) is 5.64. The molecule has 0 saturated heterocycles. The monoisotopic (exact) mass is 321 g/mol. The maximum Gasteiger partial charge on any atom is 0.308 e. The van der Waals surface area contributed by atoms with Crippen LogP contribution in [0, 0.1) is 5.92 Å². The molecule has 0 saturated carbocycles. The molecule has 1 amide bonds. The molecule has 1 rings (SSSR count). The number of benzene rings is 1. The van der Waals surface area contributed by atoms with E-state index in [1.54, 1.807) is 0 Å². The highest BCUT2D eigenvalue weighted by Gasteiger charge is 2.31. The third-order valence-electron chi connectivity index (χ3n) is 3.97. The molecule has 1 aromatic rings. The van der Waals surface area contributed by atoms with Crippen molar-refractivity contribution in [1.82, 2.24) is 5.06 Å². The van der Waals surface area contributed by atoms with Crippen LogP contribution in [0.25, 0.3) is 0 Å². The average molecular weight is 321 g/mol. The predicted octanol–water partition coefficient (Wildman–Crippen LogP) is 3.64. The zero-order chi connectivity index (χ0) is 17.1. The number of nitrogens with zero attached hydrogens (tertiary/aromatic N) is 1. The molecule has 0 aliphatic heterocycles. The summed E-state index contributed by atoms with van der Waals surface area (Å²) in [7, 11) is 0. The first-order chi connectivity index (χ1) is 11.1. The van der Waals surface area contributed by atoms with Gasteiger partial charge in [-0.3, -0.25) is 14.4 Å². The minimum Gasteiger partial charge on any atom is -0.481 e. The van der Waals surface area contributed by atoms with Crippen LogP contribution in [0.2, 0.25) is 0 Å². The number of aliphatic carboxylic acids is 1. The second kappa shape index (κ2) is 10.8. The fourth-order valence-electron chi connectivity index (χ4n) is 2.66. The SMILES string of the molecule is CCCCCC(C(=O)O)C(CC)N(C=O)OCc1ccccc1. The number of hydroxylamine groups is 2. The molecule has 0 aliphatic carbocycles. The molecule has 0 spiro atoms. The van der Waals surface area contributed by atoms with Crippen LogP contribution in [-0.2, 0) is 21.0 Å². The summed E-state index contributed by atoms with van der Waals surface area (Å²) in [5.41, 5.74) is 0.937. The van der Waals surface area contributed by atoms with Gasteiger partial charge in [-0.1, -0.05) is 63.4 Å². The third kappa shape index (κ3) is 6.40. The lowest BCUT2D eigenvalue weighted by atomic mass is 9.91. The van der Waals surface area contributed by atoms with Gasteiger partial charge in [0.05, 0.1) is 12.0 Å². The van der Waals surface area contributed by atoms with Gasteiger partial charge in [0, 0.05) is 0 Å². The molecule has 5 nitrogen and oxygen atoms in total. The van der Waals surface area contributed by atoms with Crippen molar-refractivity contribution in [3.05, 3.63) is 35.9 Å². The molecular weight excluding hydrogens is 294 g/mol. The summed E-state index contributed by atoms with van der Waals surface area (Å²) in [6.07, 6.45) is 4.55. The first kappa shape index (κ1) is 19.2. The molecule has 2 atom stereocenters. The molecule has 128 valence electrons. The number of carbonyl (C=O) groups is 2. The van der Waals surface area contributed by atoms with Crippen molar-refractivity contribution in [1.29, 1.82) is 0 Å². The lowest BCUT2D eigenvalue weighted by Crippen LogP contribution is -2.42. The number of carboxylic acid groups (broad SMARTS) is 1. The van der Waals surface area contributed by atoms with E-state index in [1.165, 1.54) is 5.06 Å². The zero-order valence-electron chi connectivity index (χ0n) is 14.0. The molecule has 2 unspecified atom stereocenters. The van der Waals surface area contributed by atoms with E-state index in [4.69, 9.17) is 4.84 Å². The standard InChI is InChI=1S/C18H27NO4/c1-3-5-7-12-16(18(21)22)17(4-2)19(14-20)23-13-15-10-8-6-9-11-15/h6,8-11,14,16-17H,3-5,7,12-13H2,1-2H3,(H,21,22). The molecule has 0 fully saturated rings. The van der Waals surface area contributed by atoms with E-state index >= 15 is 0 Å². The van der Waals surface area contributed by atoms with E-state index in [-0.39, 0.29) is 6.61 Å². The van der Waals surface area contributed by atoms with Gasteiger partial charge in [0.2, 0.25) is 6.41 Å². The number of carboxylic acids is 1. The van der Waals surface area contributed by atoms with Crippen LogP contribution in [0.5, 0.6) is 0 Å². The molecule has 0 heterocycles. The van der Waals surface area contributed by atoms with Crippen molar-refractivity contribution in [3.8, 4) is 0 Å². The van der Waals surface area contributed by atoms with Crippen LogP contribution in [-0.4, -0.2) is 28.6 Å². The van der Waals surface area contributed by atoms with Gasteiger partial charge in [-0.05, 0) is 18.4 Å². The highest BCUT2D eigenvalue weighted by atomic mass is 16.7. The van der Waals surface area contributed by atoms with E-state index in [0.29, 0.717) is 19.3 Å². The summed E-state index contributed by atoms with van der Waals surface area (Å²) in [6.45, 7) is 4.20. The second-order valence-corrected chi connectivity index (χ2v) is 5.64. The van der Waals surface area contributed by atoms with Crippen molar-refractivity contribution in [3.63, 3.8) is 0 Å². The maximum absolute atomic E-state index is 11.6. The summed E-state index contributed by atoms with van der Waals surface area (Å²) in [5.74, 6) is -1.48. The largest absolute Gasteiger partial charge is 0.481 e. The Kier molecular flexibility index (Phi) is 8.98. The summed E-state index contributed by atoms with van der Waals surface area (Å²) < 4.78 is 0. The van der Waals surface area contributed by atoms with Crippen molar-refractivity contribution < 1.29 is 19.5 Å². The number of amides is 1. The minimum atomic E-state index is -0.872. The van der Waals surface area contributed by atoms with E-state index in [0.717, 1.165) is 24.8 Å². The maximum atomic E-state index is 11.6. The van der Waals surface area contributed by atoms with Crippen molar-refractivity contribution in [2.45, 2.75) is 58.6 Å². The fraction of sp³-hybridized carbons (Fsp3) is 0.556. The molecule has 0 bridgehead atoms.